The lowest BCUT2D eigenvalue weighted by atomic mass is 9.90. The summed E-state index contributed by atoms with van der Waals surface area (Å²) in [6.45, 7) is 1.86. The van der Waals surface area contributed by atoms with Crippen molar-refractivity contribution in [3.8, 4) is 0 Å². The van der Waals surface area contributed by atoms with Gasteiger partial charge < -0.3 is 24.7 Å². The van der Waals surface area contributed by atoms with Crippen LogP contribution in [0.25, 0.3) is 11.2 Å². The van der Waals surface area contributed by atoms with Crippen LogP contribution < -0.4 is 5.73 Å². The van der Waals surface area contributed by atoms with E-state index in [-0.39, 0.29) is 12.2 Å². The highest BCUT2D eigenvalue weighted by atomic mass is 16.6. The zero-order valence-corrected chi connectivity index (χ0v) is 19.2. The predicted octanol–water partition coefficient (Wildman–Crippen LogP) is 3.27. The van der Waals surface area contributed by atoms with E-state index >= 15 is 0 Å². The molecule has 0 spiro atoms. The van der Waals surface area contributed by atoms with Crippen LogP contribution in [0.5, 0.6) is 0 Å². The third-order valence-electron chi connectivity index (χ3n) is 6.68. The van der Waals surface area contributed by atoms with Crippen molar-refractivity contribution in [1.29, 1.82) is 0 Å². The van der Waals surface area contributed by atoms with Crippen LogP contribution in [0, 0.1) is 0 Å². The van der Waals surface area contributed by atoms with Gasteiger partial charge in [0.25, 0.3) is 0 Å². The maximum Gasteiger partial charge on any atom is 0.167 e. The fraction of sp³-hybridized carbons (Fsp3) is 0.346. The van der Waals surface area contributed by atoms with Gasteiger partial charge in [0, 0.05) is 6.42 Å². The van der Waals surface area contributed by atoms with E-state index in [1.807, 2.05) is 65.2 Å². The molecule has 180 valence electrons. The lowest BCUT2D eigenvalue weighted by molar-refractivity contribution is -0.178. The Bertz CT molecular complexity index is 1280. The Hall–Kier alpha value is -3.37. The molecular weight excluding hydrogens is 446 g/mol. The Balaban J connectivity index is 1.29. The van der Waals surface area contributed by atoms with Gasteiger partial charge in [-0.2, -0.15) is 0 Å². The molecule has 6 rings (SSSR count). The second-order valence-electron chi connectivity index (χ2n) is 8.94. The predicted molar refractivity (Wildman–Crippen MR) is 128 cm³/mol. The highest BCUT2D eigenvalue weighted by Gasteiger charge is 2.60. The SMILES string of the molecule is Nc1ncnc2c1ncn2[C@@H]1O[C@@]2(COCc3ccccc3)CCO[C@@H]1[C@@H]2OCc1ccccc1. The normalized spacial score (nSPS) is 25.8. The Morgan fingerprint density at radius 2 is 1.71 bits per heavy atom. The zero-order valence-electron chi connectivity index (χ0n) is 19.2. The minimum absolute atomic E-state index is 0.327. The van der Waals surface area contributed by atoms with Crippen molar-refractivity contribution in [1.82, 2.24) is 19.5 Å². The smallest absolute Gasteiger partial charge is 0.167 e. The molecule has 2 bridgehead atoms. The van der Waals surface area contributed by atoms with Gasteiger partial charge >= 0.3 is 0 Å². The molecule has 2 aliphatic heterocycles. The molecule has 0 aliphatic carbocycles. The summed E-state index contributed by atoms with van der Waals surface area (Å²) in [7, 11) is 0. The molecule has 35 heavy (non-hydrogen) atoms. The zero-order chi connectivity index (χ0) is 23.7. The van der Waals surface area contributed by atoms with E-state index in [1.54, 1.807) is 6.33 Å². The van der Waals surface area contributed by atoms with E-state index in [0.29, 0.717) is 49.8 Å². The maximum absolute atomic E-state index is 6.75. The van der Waals surface area contributed by atoms with Crippen LogP contribution in [0.2, 0.25) is 0 Å². The molecule has 2 aliphatic rings. The maximum atomic E-state index is 6.75. The fourth-order valence-electron chi connectivity index (χ4n) is 4.94. The summed E-state index contributed by atoms with van der Waals surface area (Å²) in [6, 6.07) is 20.2. The third kappa shape index (κ3) is 4.17. The highest BCUT2D eigenvalue weighted by Crippen LogP contribution is 2.47. The van der Waals surface area contributed by atoms with Crippen molar-refractivity contribution in [2.24, 2.45) is 0 Å². The third-order valence-corrected chi connectivity index (χ3v) is 6.68. The minimum Gasteiger partial charge on any atom is -0.382 e. The van der Waals surface area contributed by atoms with Crippen molar-refractivity contribution in [3.05, 3.63) is 84.4 Å². The van der Waals surface area contributed by atoms with Crippen LogP contribution in [0.4, 0.5) is 5.82 Å². The molecule has 0 amide bonds. The van der Waals surface area contributed by atoms with Crippen LogP contribution in [0.15, 0.2) is 73.3 Å². The van der Waals surface area contributed by atoms with Crippen LogP contribution in [0.1, 0.15) is 23.8 Å². The number of aromatic nitrogens is 4. The van der Waals surface area contributed by atoms with Gasteiger partial charge in [0.2, 0.25) is 0 Å². The first-order chi connectivity index (χ1) is 17.2. The molecule has 0 saturated carbocycles. The second-order valence-corrected chi connectivity index (χ2v) is 8.94. The molecule has 2 N–H and O–H groups in total. The molecule has 2 aromatic carbocycles. The molecule has 2 fully saturated rings. The number of anilines is 1. The molecular formula is C26H27N5O4. The molecule has 9 nitrogen and oxygen atoms in total. The van der Waals surface area contributed by atoms with Crippen molar-refractivity contribution >= 4 is 17.0 Å². The van der Waals surface area contributed by atoms with E-state index in [1.165, 1.54) is 6.33 Å². The Labute approximate surface area is 202 Å². The number of nitrogens with zero attached hydrogens (tertiary/aromatic N) is 4. The van der Waals surface area contributed by atoms with Gasteiger partial charge in [0.05, 0.1) is 32.8 Å². The van der Waals surface area contributed by atoms with E-state index in [0.717, 1.165) is 11.1 Å². The number of ether oxygens (including phenoxy) is 4. The Kier molecular flexibility index (Phi) is 5.91. The number of nitrogen functional groups attached to an aromatic ring is 1. The number of fused-ring (bicyclic) bond motifs is 3. The quantitative estimate of drug-likeness (QED) is 0.416. The first-order valence-electron chi connectivity index (χ1n) is 11.7. The molecule has 0 radical (unpaired) electrons. The molecule has 2 saturated heterocycles. The topological polar surface area (TPSA) is 107 Å². The second kappa shape index (κ2) is 9.35. The van der Waals surface area contributed by atoms with Crippen LogP contribution in [-0.4, -0.2) is 50.5 Å². The summed E-state index contributed by atoms with van der Waals surface area (Å²) in [4.78, 5) is 12.9. The first-order valence-corrected chi connectivity index (χ1v) is 11.7. The van der Waals surface area contributed by atoms with E-state index in [2.05, 4.69) is 15.0 Å². The van der Waals surface area contributed by atoms with Gasteiger partial charge in [-0.05, 0) is 11.1 Å². The highest BCUT2D eigenvalue weighted by molar-refractivity contribution is 5.81. The summed E-state index contributed by atoms with van der Waals surface area (Å²) >= 11 is 0. The molecule has 4 aromatic rings. The van der Waals surface area contributed by atoms with Crippen LogP contribution in [0.3, 0.4) is 0 Å². The van der Waals surface area contributed by atoms with Crippen molar-refractivity contribution in [2.45, 2.75) is 43.7 Å². The van der Waals surface area contributed by atoms with E-state index in [4.69, 9.17) is 24.7 Å². The number of rotatable bonds is 8. The number of hydrogen-bond acceptors (Lipinski definition) is 8. The molecule has 0 unspecified atom stereocenters. The monoisotopic (exact) mass is 473 g/mol. The van der Waals surface area contributed by atoms with E-state index < -0.39 is 11.8 Å². The summed E-state index contributed by atoms with van der Waals surface area (Å²) < 4.78 is 27.6. The first kappa shape index (κ1) is 22.1. The number of benzene rings is 2. The Morgan fingerprint density at radius 3 is 2.49 bits per heavy atom. The largest absolute Gasteiger partial charge is 0.382 e. The summed E-state index contributed by atoms with van der Waals surface area (Å²) in [5, 5.41) is 0. The van der Waals surface area contributed by atoms with Gasteiger partial charge in [-0.3, -0.25) is 4.57 Å². The molecule has 2 aromatic heterocycles. The van der Waals surface area contributed by atoms with Crippen molar-refractivity contribution < 1.29 is 18.9 Å². The lowest BCUT2D eigenvalue weighted by Gasteiger charge is -2.38. The molecule has 9 heteroatoms. The van der Waals surface area contributed by atoms with Gasteiger partial charge in [-0.1, -0.05) is 60.7 Å². The lowest BCUT2D eigenvalue weighted by Crippen LogP contribution is -2.53. The fourth-order valence-corrected chi connectivity index (χ4v) is 4.94. The van der Waals surface area contributed by atoms with Crippen molar-refractivity contribution in [2.75, 3.05) is 18.9 Å². The number of hydrogen-bond donors (Lipinski definition) is 1. The summed E-state index contributed by atoms with van der Waals surface area (Å²) in [5.41, 5.74) is 8.67. The van der Waals surface area contributed by atoms with Gasteiger partial charge in [0.1, 0.15) is 29.7 Å². The van der Waals surface area contributed by atoms with E-state index in [9.17, 15) is 0 Å². The average molecular weight is 474 g/mol. The van der Waals surface area contributed by atoms with Crippen LogP contribution >= 0.6 is 0 Å². The molecule has 4 heterocycles. The standard InChI is InChI=1S/C26H27N5O4/c27-23-20-24(29-16-28-23)31(17-30-20)25-21-22(34-14-19-9-5-2-6-10-19)26(35-25,11-12-33-21)15-32-13-18-7-3-1-4-8-18/h1-10,16-17,21-22,25H,11-15H2,(H2,27,28,29)/t21-,22+,25-,26-/m1/s1. The minimum atomic E-state index is -0.674. The number of nitrogens with two attached hydrogens (primary N) is 1. The summed E-state index contributed by atoms with van der Waals surface area (Å²) in [5.74, 6) is 0.327. The van der Waals surface area contributed by atoms with Gasteiger partial charge in [-0.15, -0.1) is 0 Å². The molecule has 4 atom stereocenters. The van der Waals surface area contributed by atoms with Gasteiger partial charge in [0.15, 0.2) is 17.7 Å². The van der Waals surface area contributed by atoms with Gasteiger partial charge in [-0.25, -0.2) is 15.0 Å². The Morgan fingerprint density at radius 1 is 0.971 bits per heavy atom. The van der Waals surface area contributed by atoms with Crippen LogP contribution in [-0.2, 0) is 32.2 Å². The average Bonchev–Trinajstić information content (AvgIpc) is 3.39. The number of imidazole rings is 1. The van der Waals surface area contributed by atoms with Crippen molar-refractivity contribution in [3.63, 3.8) is 0 Å². The summed E-state index contributed by atoms with van der Waals surface area (Å²) in [6.07, 6.45) is 2.57.